The minimum Gasteiger partial charge on any atom is -0.380 e. The Labute approximate surface area is 101 Å². The molecule has 2 unspecified atom stereocenters. The first-order chi connectivity index (χ1) is 8.11. The van der Waals surface area contributed by atoms with Crippen LogP contribution in [-0.4, -0.2) is 37.7 Å². The van der Waals surface area contributed by atoms with Crippen LogP contribution in [0.2, 0.25) is 0 Å². The summed E-state index contributed by atoms with van der Waals surface area (Å²) in [5, 5.41) is 0. The zero-order valence-electron chi connectivity index (χ0n) is 10.4. The van der Waals surface area contributed by atoms with Crippen LogP contribution in [-0.2, 0) is 4.74 Å². The van der Waals surface area contributed by atoms with Crippen LogP contribution < -0.4 is 0 Å². The summed E-state index contributed by atoms with van der Waals surface area (Å²) in [6.07, 6.45) is 2.46. The third kappa shape index (κ3) is 2.75. The Bertz CT molecular complexity index is 351. The lowest BCUT2D eigenvalue weighted by atomic mass is 10.0. The minimum absolute atomic E-state index is 0.175. The Hall–Kier alpha value is -0.740. The van der Waals surface area contributed by atoms with Crippen molar-refractivity contribution in [3.05, 3.63) is 23.3 Å². The summed E-state index contributed by atoms with van der Waals surface area (Å²) in [5.74, 6) is -0.264. The van der Waals surface area contributed by atoms with Crippen LogP contribution in [0.3, 0.4) is 0 Å². The van der Waals surface area contributed by atoms with E-state index >= 15 is 0 Å². The van der Waals surface area contributed by atoms with E-state index in [4.69, 9.17) is 4.74 Å². The van der Waals surface area contributed by atoms with Crippen LogP contribution in [0.5, 0.6) is 0 Å². The summed E-state index contributed by atoms with van der Waals surface area (Å²) in [5.41, 5.74) is 0.236. The molecule has 17 heavy (non-hydrogen) atoms. The summed E-state index contributed by atoms with van der Waals surface area (Å²) in [6, 6.07) is 0. The van der Waals surface area contributed by atoms with Crippen molar-refractivity contribution in [3.63, 3.8) is 0 Å². The number of methoxy groups -OCH3 is 1. The van der Waals surface area contributed by atoms with Crippen molar-refractivity contribution in [1.29, 1.82) is 0 Å². The Kier molecular flexibility index (Phi) is 3.94. The molecule has 1 heterocycles. The number of allylic oxidation sites excluding steroid dienone is 2. The molecule has 1 aliphatic carbocycles. The molecule has 2 rings (SSSR count). The van der Waals surface area contributed by atoms with Crippen LogP contribution in [0.4, 0.5) is 8.78 Å². The van der Waals surface area contributed by atoms with Crippen LogP contribution in [0.15, 0.2) is 23.3 Å². The quantitative estimate of drug-likeness (QED) is 0.755. The van der Waals surface area contributed by atoms with Gasteiger partial charge in [-0.25, -0.2) is 8.78 Å². The second-order valence-electron chi connectivity index (χ2n) is 4.92. The van der Waals surface area contributed by atoms with E-state index in [9.17, 15) is 8.78 Å². The van der Waals surface area contributed by atoms with Crippen molar-refractivity contribution in [2.24, 2.45) is 5.92 Å². The molecule has 2 atom stereocenters. The minimum atomic E-state index is -0.387. The SMILES string of the molecule is COC1CN(CC2=C(F)CCC=C2F)CC1C. The van der Waals surface area contributed by atoms with Crippen molar-refractivity contribution in [2.75, 3.05) is 26.7 Å². The smallest absolute Gasteiger partial charge is 0.126 e. The van der Waals surface area contributed by atoms with Gasteiger partial charge in [0.25, 0.3) is 0 Å². The molecule has 0 bridgehead atoms. The van der Waals surface area contributed by atoms with Crippen molar-refractivity contribution in [3.8, 4) is 0 Å². The van der Waals surface area contributed by atoms with Gasteiger partial charge in [0, 0.05) is 38.7 Å². The second-order valence-corrected chi connectivity index (χ2v) is 4.92. The molecule has 0 aromatic carbocycles. The predicted molar refractivity (Wildman–Crippen MR) is 63.0 cm³/mol. The van der Waals surface area contributed by atoms with Gasteiger partial charge >= 0.3 is 0 Å². The van der Waals surface area contributed by atoms with Crippen LogP contribution >= 0.6 is 0 Å². The van der Waals surface area contributed by atoms with Gasteiger partial charge in [0.05, 0.1) is 6.10 Å². The number of rotatable bonds is 3. The first-order valence-electron chi connectivity index (χ1n) is 6.10. The maximum Gasteiger partial charge on any atom is 0.126 e. The highest BCUT2D eigenvalue weighted by molar-refractivity contribution is 5.32. The number of likely N-dealkylation sites (tertiary alicyclic amines) is 1. The van der Waals surface area contributed by atoms with E-state index in [1.165, 1.54) is 6.08 Å². The average molecular weight is 243 g/mol. The lowest BCUT2D eigenvalue weighted by Crippen LogP contribution is -2.26. The molecule has 2 aliphatic rings. The van der Waals surface area contributed by atoms with Gasteiger partial charge in [-0.1, -0.05) is 6.92 Å². The molecule has 2 nitrogen and oxygen atoms in total. The second kappa shape index (κ2) is 5.27. The third-order valence-electron chi connectivity index (χ3n) is 3.61. The van der Waals surface area contributed by atoms with Gasteiger partial charge in [0.2, 0.25) is 0 Å². The highest BCUT2D eigenvalue weighted by Crippen LogP contribution is 2.29. The van der Waals surface area contributed by atoms with E-state index in [-0.39, 0.29) is 23.3 Å². The van der Waals surface area contributed by atoms with E-state index in [1.807, 2.05) is 0 Å². The Morgan fingerprint density at radius 2 is 2.18 bits per heavy atom. The lowest BCUT2D eigenvalue weighted by Gasteiger charge is -2.19. The van der Waals surface area contributed by atoms with Gasteiger partial charge in [-0.15, -0.1) is 0 Å². The van der Waals surface area contributed by atoms with Gasteiger partial charge in [-0.2, -0.15) is 0 Å². The largest absolute Gasteiger partial charge is 0.380 e. The van der Waals surface area contributed by atoms with E-state index < -0.39 is 0 Å². The van der Waals surface area contributed by atoms with E-state index in [1.54, 1.807) is 7.11 Å². The standard InChI is InChI=1S/C13H19F2NO/c1-9-6-16(8-13(9)17-2)7-10-11(14)4-3-5-12(10)15/h4,9,13H,3,5-8H2,1-2H3. The molecule has 1 aliphatic heterocycles. The molecule has 0 amide bonds. The zero-order chi connectivity index (χ0) is 12.4. The first-order valence-corrected chi connectivity index (χ1v) is 6.10. The summed E-state index contributed by atoms with van der Waals surface area (Å²) in [6.45, 7) is 4.05. The van der Waals surface area contributed by atoms with Gasteiger partial charge in [0.15, 0.2) is 0 Å². The van der Waals surface area contributed by atoms with Crippen LogP contribution in [0, 0.1) is 5.92 Å². The molecule has 4 heteroatoms. The van der Waals surface area contributed by atoms with Crippen molar-refractivity contribution < 1.29 is 13.5 Å². The van der Waals surface area contributed by atoms with Crippen LogP contribution in [0.25, 0.3) is 0 Å². The normalized spacial score (nSPS) is 30.9. The molecule has 0 saturated carbocycles. The zero-order valence-corrected chi connectivity index (χ0v) is 10.4. The van der Waals surface area contributed by atoms with E-state index in [0.29, 0.717) is 25.3 Å². The molecule has 0 radical (unpaired) electrons. The third-order valence-corrected chi connectivity index (χ3v) is 3.61. The summed E-state index contributed by atoms with van der Waals surface area (Å²) < 4.78 is 32.4. The molecule has 0 aromatic heterocycles. The Morgan fingerprint density at radius 1 is 1.41 bits per heavy atom. The fraction of sp³-hybridized carbons (Fsp3) is 0.692. The molecular formula is C13H19F2NO. The van der Waals surface area contributed by atoms with Crippen molar-refractivity contribution in [1.82, 2.24) is 4.90 Å². The molecule has 0 aromatic rings. The summed E-state index contributed by atoms with van der Waals surface area (Å²) >= 11 is 0. The number of hydrogen-bond acceptors (Lipinski definition) is 2. The molecular weight excluding hydrogens is 224 g/mol. The number of ether oxygens (including phenoxy) is 1. The van der Waals surface area contributed by atoms with E-state index in [2.05, 4.69) is 11.8 Å². The molecule has 96 valence electrons. The lowest BCUT2D eigenvalue weighted by molar-refractivity contribution is 0.0842. The maximum atomic E-state index is 13.6. The van der Waals surface area contributed by atoms with Gasteiger partial charge in [0.1, 0.15) is 11.7 Å². The van der Waals surface area contributed by atoms with Gasteiger partial charge < -0.3 is 4.74 Å². The van der Waals surface area contributed by atoms with Crippen molar-refractivity contribution >= 4 is 0 Å². The Morgan fingerprint density at radius 3 is 2.76 bits per heavy atom. The van der Waals surface area contributed by atoms with Crippen LogP contribution in [0.1, 0.15) is 19.8 Å². The number of nitrogens with zero attached hydrogens (tertiary/aromatic N) is 1. The highest BCUT2D eigenvalue weighted by atomic mass is 19.1. The fourth-order valence-corrected chi connectivity index (χ4v) is 2.58. The molecule has 0 spiro atoms. The predicted octanol–water partition coefficient (Wildman–Crippen LogP) is 2.82. The van der Waals surface area contributed by atoms with Crippen molar-refractivity contribution in [2.45, 2.75) is 25.9 Å². The van der Waals surface area contributed by atoms with E-state index in [0.717, 1.165) is 13.1 Å². The molecule has 0 N–H and O–H groups in total. The molecule has 1 saturated heterocycles. The van der Waals surface area contributed by atoms with Gasteiger partial charge in [-0.3, -0.25) is 4.90 Å². The number of hydrogen-bond donors (Lipinski definition) is 0. The summed E-state index contributed by atoms with van der Waals surface area (Å²) in [7, 11) is 1.69. The fourth-order valence-electron chi connectivity index (χ4n) is 2.58. The first kappa shape index (κ1) is 12.7. The Balaban J connectivity index is 2.00. The summed E-state index contributed by atoms with van der Waals surface area (Å²) in [4.78, 5) is 2.06. The average Bonchev–Trinajstić information content (AvgIpc) is 2.64. The maximum absolute atomic E-state index is 13.6. The monoisotopic (exact) mass is 243 g/mol. The number of halogens is 2. The van der Waals surface area contributed by atoms with Gasteiger partial charge in [-0.05, 0) is 18.4 Å². The highest BCUT2D eigenvalue weighted by Gasteiger charge is 2.31. The molecule has 1 fully saturated rings. The topological polar surface area (TPSA) is 12.5 Å².